The Kier molecular flexibility index (Phi) is 8.40. The Morgan fingerprint density at radius 3 is 1.72 bits per heavy atom. The van der Waals surface area contributed by atoms with E-state index in [4.69, 9.17) is 4.42 Å². The molecule has 0 radical (unpaired) electrons. The average Bonchev–Trinajstić information content (AvgIpc) is 2.70. The van der Waals surface area contributed by atoms with Crippen molar-refractivity contribution in [3.05, 3.63) is 55.7 Å². The zero-order valence-corrected chi connectivity index (χ0v) is 26.4. The Balaban J connectivity index is 0.00000289. The molecular formula is C20H7F2I4NaO5+2. The number of phenolic OH excluding ortho intramolecular Hbond substituents is 2. The molecule has 12 heteroatoms. The van der Waals surface area contributed by atoms with Crippen LogP contribution in [0.2, 0.25) is 0 Å². The first-order chi connectivity index (χ1) is 14.5. The van der Waals surface area contributed by atoms with Crippen LogP contribution in [0.3, 0.4) is 0 Å². The number of halogens is 6. The van der Waals surface area contributed by atoms with E-state index in [-0.39, 0.29) is 63.3 Å². The Hall–Kier alpha value is 0.180. The molecule has 1 heterocycles. The second kappa shape index (κ2) is 10.0. The van der Waals surface area contributed by atoms with Gasteiger partial charge in [0, 0.05) is 17.2 Å². The predicted octanol–water partition coefficient (Wildman–Crippen LogP) is 4.34. The number of phenols is 2. The molecule has 0 aliphatic heterocycles. The number of fused-ring (bicyclic) bond motifs is 2. The van der Waals surface area contributed by atoms with Crippen molar-refractivity contribution in [2.45, 2.75) is 0 Å². The summed E-state index contributed by atoms with van der Waals surface area (Å²) in [5, 5.41) is 31.1. The van der Waals surface area contributed by atoms with Crippen LogP contribution < -0.4 is 29.6 Å². The summed E-state index contributed by atoms with van der Waals surface area (Å²) >= 11 is 7.56. The van der Waals surface area contributed by atoms with E-state index in [2.05, 4.69) is 0 Å². The number of hydrogen-bond donors (Lipinski definition) is 3. The van der Waals surface area contributed by atoms with Crippen LogP contribution in [0.25, 0.3) is 33.1 Å². The van der Waals surface area contributed by atoms with Crippen molar-refractivity contribution in [2.24, 2.45) is 0 Å². The molecule has 0 bridgehead atoms. The minimum Gasteiger partial charge on any atom is -0.505 e. The topological polar surface area (TPSA) is 89.1 Å². The van der Waals surface area contributed by atoms with Gasteiger partial charge in [-0.2, -0.15) is 0 Å². The zero-order chi connectivity index (χ0) is 22.8. The molecule has 158 valence electrons. The second-order valence-electron chi connectivity index (χ2n) is 6.39. The van der Waals surface area contributed by atoms with E-state index < -0.39 is 23.2 Å². The largest absolute Gasteiger partial charge is 1.00 e. The zero-order valence-electron chi connectivity index (χ0n) is 15.7. The molecular weight excluding hydrogens is 889 g/mol. The van der Waals surface area contributed by atoms with Crippen LogP contribution in [-0.2, 0) is 0 Å². The molecule has 5 nitrogen and oxygen atoms in total. The Morgan fingerprint density at radius 1 is 0.812 bits per heavy atom. The van der Waals surface area contributed by atoms with E-state index >= 15 is 4.39 Å². The molecule has 3 N–H and O–H groups in total. The van der Waals surface area contributed by atoms with Gasteiger partial charge >= 0.3 is 46.7 Å². The predicted molar refractivity (Wildman–Crippen MR) is 145 cm³/mol. The number of rotatable bonds is 2. The standard InChI is InChI=1S/C20H6F2I4O5.Na/c21-5-1-8(20(29)30)13(9(22)2-5)12-6-3-10(23)16(27)14(25)18(6)31-19-7(12)4-11(24)17(28)15(19)26;/h1-4H,(H2-,27,28,29,30);/q;+1/p+1. The van der Waals surface area contributed by atoms with Gasteiger partial charge in [-0.25, -0.2) is 18.0 Å². The van der Waals surface area contributed by atoms with E-state index in [0.29, 0.717) is 31.1 Å². The number of benzene rings is 3. The summed E-state index contributed by atoms with van der Waals surface area (Å²) in [7, 11) is 0. The third kappa shape index (κ3) is 4.43. The van der Waals surface area contributed by atoms with Crippen molar-refractivity contribution in [2.75, 3.05) is 0 Å². The molecule has 0 amide bonds. The van der Waals surface area contributed by atoms with E-state index in [1.54, 1.807) is 12.1 Å². The summed E-state index contributed by atoms with van der Waals surface area (Å²) in [6.07, 6.45) is 0. The third-order valence-electron chi connectivity index (χ3n) is 4.58. The van der Waals surface area contributed by atoms with Gasteiger partial charge in [0.2, 0.25) is 0 Å². The summed E-state index contributed by atoms with van der Waals surface area (Å²) in [4.78, 5) is 11.9. The molecule has 0 spiro atoms. The number of aromatic hydroxyl groups is 2. The van der Waals surface area contributed by atoms with Gasteiger partial charge in [-0.1, -0.05) is 0 Å². The summed E-state index contributed by atoms with van der Waals surface area (Å²) in [5.74, 6) is -3.67. The Labute approximate surface area is 255 Å². The molecule has 0 saturated carbocycles. The SMILES string of the molecule is O=C(O)c1cc(F)cc(F)c1-c1c2cc(I)c(O)c(I)c2[o+]c2c(I)c(O)c(I)cc12.[Na+]. The van der Waals surface area contributed by atoms with E-state index in [0.717, 1.165) is 6.07 Å². The summed E-state index contributed by atoms with van der Waals surface area (Å²) in [6.45, 7) is 0. The molecule has 4 rings (SSSR count). The second-order valence-corrected chi connectivity index (χ2v) is 10.9. The van der Waals surface area contributed by atoms with Crippen LogP contribution in [0.4, 0.5) is 8.78 Å². The number of aromatic carboxylic acids is 1. The van der Waals surface area contributed by atoms with Gasteiger partial charge in [-0.3, -0.25) is 0 Å². The summed E-state index contributed by atoms with van der Waals surface area (Å²) in [5.41, 5.74) is -0.339. The summed E-state index contributed by atoms with van der Waals surface area (Å²) < 4.78 is 36.6. The van der Waals surface area contributed by atoms with Gasteiger partial charge < -0.3 is 15.3 Å². The first-order valence-electron chi connectivity index (χ1n) is 8.23. The molecule has 0 saturated heterocycles. The van der Waals surface area contributed by atoms with Gasteiger partial charge in [-0.15, -0.1) is 0 Å². The van der Waals surface area contributed by atoms with E-state index in [9.17, 15) is 24.5 Å². The quantitative estimate of drug-likeness (QED) is 0.121. The van der Waals surface area contributed by atoms with Crippen LogP contribution in [0.5, 0.6) is 11.5 Å². The fourth-order valence-corrected chi connectivity index (χ4v) is 6.84. The minimum absolute atomic E-state index is 0. The molecule has 1 aromatic heterocycles. The van der Waals surface area contributed by atoms with Crippen LogP contribution in [0.1, 0.15) is 10.4 Å². The first kappa shape index (κ1) is 26.8. The van der Waals surface area contributed by atoms with E-state index in [1.807, 2.05) is 90.4 Å². The molecule has 3 aromatic carbocycles. The molecule has 0 aliphatic carbocycles. The molecule has 0 unspecified atom stereocenters. The van der Waals surface area contributed by atoms with Gasteiger partial charge in [0.25, 0.3) is 0 Å². The smallest absolute Gasteiger partial charge is 0.505 e. The normalized spacial score (nSPS) is 11.1. The van der Waals surface area contributed by atoms with Gasteiger partial charge in [0.1, 0.15) is 11.6 Å². The molecule has 0 aliphatic rings. The fraction of sp³-hybridized carbons (Fsp3) is 0. The van der Waals surface area contributed by atoms with Crippen molar-refractivity contribution >= 4 is 118 Å². The molecule has 0 atom stereocenters. The minimum atomic E-state index is -1.50. The average molecular weight is 896 g/mol. The Bertz CT molecular complexity index is 1390. The number of carbonyl (C=O) groups is 1. The number of carboxylic acid groups (broad SMARTS) is 1. The Morgan fingerprint density at radius 2 is 1.28 bits per heavy atom. The molecule has 4 aromatic rings. The van der Waals surface area contributed by atoms with Gasteiger partial charge in [0.15, 0.2) is 18.6 Å². The van der Waals surface area contributed by atoms with Crippen molar-refractivity contribution in [1.82, 2.24) is 0 Å². The maximum Gasteiger partial charge on any atom is 1.00 e. The number of carboxylic acids is 1. The third-order valence-corrected chi connectivity index (χ3v) is 8.22. The van der Waals surface area contributed by atoms with Crippen LogP contribution in [-0.4, -0.2) is 21.3 Å². The fourth-order valence-electron chi connectivity index (χ4n) is 3.27. The monoisotopic (exact) mass is 896 g/mol. The molecule has 0 fully saturated rings. The molecule has 32 heavy (non-hydrogen) atoms. The van der Waals surface area contributed by atoms with Gasteiger partial charge in [0.05, 0.1) is 23.5 Å². The van der Waals surface area contributed by atoms with Gasteiger partial charge in [-0.05, 0) is 109 Å². The summed E-state index contributed by atoms with van der Waals surface area (Å²) in [6, 6.07) is 4.48. The maximum absolute atomic E-state index is 15.1. The van der Waals surface area contributed by atoms with Crippen LogP contribution >= 0.6 is 90.4 Å². The van der Waals surface area contributed by atoms with E-state index in [1.165, 1.54) is 0 Å². The van der Waals surface area contributed by atoms with Crippen molar-refractivity contribution < 1.29 is 62.9 Å². The van der Waals surface area contributed by atoms with Crippen molar-refractivity contribution in [3.8, 4) is 22.6 Å². The van der Waals surface area contributed by atoms with Crippen LogP contribution in [0, 0.1) is 25.9 Å². The first-order valence-corrected chi connectivity index (χ1v) is 12.5. The van der Waals surface area contributed by atoms with Crippen molar-refractivity contribution in [1.29, 1.82) is 0 Å². The van der Waals surface area contributed by atoms with Crippen LogP contribution in [0.15, 0.2) is 28.7 Å². The maximum atomic E-state index is 15.1. The van der Waals surface area contributed by atoms with Crippen molar-refractivity contribution in [3.63, 3.8) is 0 Å². The number of hydrogen-bond acceptors (Lipinski definition) is 3.